The van der Waals surface area contributed by atoms with Crippen LogP contribution in [0, 0.1) is 17.0 Å². The largest absolute Gasteiger partial charge is 0.385 e. The number of aromatic amines is 1. The zero-order valence-electron chi connectivity index (χ0n) is 13.2. The van der Waals surface area contributed by atoms with Gasteiger partial charge in [-0.15, -0.1) is 0 Å². The van der Waals surface area contributed by atoms with Gasteiger partial charge in [0.1, 0.15) is 5.82 Å². The molecule has 0 aliphatic heterocycles. The van der Waals surface area contributed by atoms with Crippen LogP contribution in [-0.2, 0) is 6.42 Å². The molecule has 0 atom stereocenters. The third kappa shape index (κ3) is 3.75. The average molecular weight is 323 g/mol. The van der Waals surface area contributed by atoms with E-state index in [1.807, 2.05) is 19.1 Å². The second-order valence-corrected chi connectivity index (χ2v) is 5.46. The van der Waals surface area contributed by atoms with Crippen LogP contribution in [0.4, 0.5) is 11.4 Å². The summed E-state index contributed by atoms with van der Waals surface area (Å²) in [6, 6.07) is 14.5. The molecule has 2 aromatic carbocycles. The second kappa shape index (κ2) is 6.91. The van der Waals surface area contributed by atoms with Crippen molar-refractivity contribution in [3.05, 3.63) is 70.0 Å². The first-order chi connectivity index (χ1) is 11.6. The van der Waals surface area contributed by atoms with Crippen LogP contribution in [-0.4, -0.2) is 26.6 Å². The quantitative estimate of drug-likeness (QED) is 0.535. The highest BCUT2D eigenvalue weighted by molar-refractivity contribution is 5.58. The lowest BCUT2D eigenvalue weighted by atomic mass is 10.2. The van der Waals surface area contributed by atoms with E-state index in [2.05, 4.69) is 32.6 Å². The van der Waals surface area contributed by atoms with E-state index in [9.17, 15) is 10.1 Å². The van der Waals surface area contributed by atoms with Crippen molar-refractivity contribution in [2.24, 2.45) is 0 Å². The number of H-pyrrole nitrogens is 1. The Kier molecular flexibility index (Phi) is 4.51. The highest BCUT2D eigenvalue weighted by Crippen LogP contribution is 2.20. The summed E-state index contributed by atoms with van der Waals surface area (Å²) >= 11 is 0. The Balaban J connectivity index is 1.62. The minimum atomic E-state index is -0.428. The van der Waals surface area contributed by atoms with E-state index in [0.29, 0.717) is 24.4 Å². The Labute approximate surface area is 138 Å². The topological polar surface area (TPSA) is 96.7 Å². The van der Waals surface area contributed by atoms with Crippen molar-refractivity contribution >= 4 is 11.4 Å². The molecule has 0 unspecified atom stereocenters. The van der Waals surface area contributed by atoms with Crippen molar-refractivity contribution in [3.63, 3.8) is 0 Å². The van der Waals surface area contributed by atoms with Crippen LogP contribution in [0.15, 0.2) is 48.5 Å². The predicted molar refractivity (Wildman–Crippen MR) is 91.8 cm³/mol. The molecule has 0 aliphatic rings. The number of hydrogen-bond donors (Lipinski definition) is 2. The lowest BCUT2D eigenvalue weighted by Gasteiger charge is -2.04. The number of nitrogens with zero attached hydrogens (tertiary/aromatic N) is 3. The molecule has 7 nitrogen and oxygen atoms in total. The van der Waals surface area contributed by atoms with Crippen molar-refractivity contribution in [2.45, 2.75) is 13.3 Å². The Bertz CT molecular complexity index is 842. The zero-order valence-corrected chi connectivity index (χ0v) is 13.2. The number of aryl methyl sites for hydroxylation is 1. The van der Waals surface area contributed by atoms with E-state index in [-0.39, 0.29) is 5.69 Å². The molecular formula is C17H17N5O2. The highest BCUT2D eigenvalue weighted by Gasteiger charge is 2.10. The van der Waals surface area contributed by atoms with Crippen LogP contribution in [0.5, 0.6) is 0 Å². The first-order valence-electron chi connectivity index (χ1n) is 7.58. The van der Waals surface area contributed by atoms with E-state index >= 15 is 0 Å². The summed E-state index contributed by atoms with van der Waals surface area (Å²) in [7, 11) is 0. The van der Waals surface area contributed by atoms with Gasteiger partial charge in [-0.1, -0.05) is 29.8 Å². The maximum atomic E-state index is 10.8. The Morgan fingerprint density at radius 3 is 2.75 bits per heavy atom. The number of rotatable bonds is 6. The fraction of sp³-hybridized carbons (Fsp3) is 0.176. The van der Waals surface area contributed by atoms with Gasteiger partial charge in [-0.2, -0.15) is 5.10 Å². The maximum Gasteiger partial charge on any atom is 0.270 e. The van der Waals surface area contributed by atoms with Gasteiger partial charge >= 0.3 is 0 Å². The van der Waals surface area contributed by atoms with Gasteiger partial charge in [0.2, 0.25) is 0 Å². The van der Waals surface area contributed by atoms with E-state index in [4.69, 9.17) is 0 Å². The predicted octanol–water partition coefficient (Wildman–Crippen LogP) is 3.34. The summed E-state index contributed by atoms with van der Waals surface area (Å²) < 4.78 is 0. The van der Waals surface area contributed by atoms with Gasteiger partial charge in [0.25, 0.3) is 5.69 Å². The molecule has 3 aromatic rings. The number of nitrogens with one attached hydrogen (secondary N) is 2. The summed E-state index contributed by atoms with van der Waals surface area (Å²) in [6.07, 6.45) is 0.676. The summed E-state index contributed by atoms with van der Waals surface area (Å²) in [6.45, 7) is 2.76. The van der Waals surface area contributed by atoms with Crippen LogP contribution in [0.25, 0.3) is 11.4 Å². The molecule has 1 aromatic heterocycles. The van der Waals surface area contributed by atoms with E-state index in [0.717, 1.165) is 11.5 Å². The van der Waals surface area contributed by atoms with Crippen molar-refractivity contribution in [1.29, 1.82) is 0 Å². The molecule has 7 heteroatoms. The van der Waals surface area contributed by atoms with Crippen molar-refractivity contribution < 1.29 is 4.92 Å². The third-order valence-corrected chi connectivity index (χ3v) is 3.59. The standard InChI is InChI=1S/C17H17N5O2/c1-12-5-7-14(8-6-12)18-10-9-16-19-17(21-20-16)13-3-2-4-15(11-13)22(23)24/h2-8,11,18H,9-10H2,1H3,(H,19,20,21). The molecule has 0 bridgehead atoms. The van der Waals surface area contributed by atoms with Gasteiger partial charge in [-0.05, 0) is 19.1 Å². The minimum Gasteiger partial charge on any atom is -0.385 e. The highest BCUT2D eigenvalue weighted by atomic mass is 16.6. The average Bonchev–Trinajstić information content (AvgIpc) is 3.06. The molecule has 2 N–H and O–H groups in total. The van der Waals surface area contributed by atoms with Crippen LogP contribution < -0.4 is 5.32 Å². The first-order valence-corrected chi connectivity index (χ1v) is 7.58. The molecule has 0 radical (unpaired) electrons. The van der Waals surface area contributed by atoms with Crippen molar-refractivity contribution in [2.75, 3.05) is 11.9 Å². The van der Waals surface area contributed by atoms with Crippen LogP contribution in [0.1, 0.15) is 11.4 Å². The SMILES string of the molecule is Cc1ccc(NCCc2nc(-c3cccc([N+](=O)[O-])c3)n[nH]2)cc1. The van der Waals surface area contributed by atoms with Gasteiger partial charge in [-0.3, -0.25) is 15.2 Å². The minimum absolute atomic E-state index is 0.0277. The molecule has 3 rings (SSSR count). The molecule has 0 amide bonds. The summed E-state index contributed by atoms with van der Waals surface area (Å²) in [5, 5.41) is 21.2. The van der Waals surface area contributed by atoms with Gasteiger partial charge in [0.15, 0.2) is 5.82 Å². The monoisotopic (exact) mass is 323 g/mol. The summed E-state index contributed by atoms with van der Waals surface area (Å²) in [4.78, 5) is 14.8. The number of benzene rings is 2. The fourth-order valence-corrected chi connectivity index (χ4v) is 2.29. The zero-order chi connectivity index (χ0) is 16.9. The number of nitro benzene ring substituents is 1. The lowest BCUT2D eigenvalue weighted by Crippen LogP contribution is -2.05. The molecule has 0 saturated carbocycles. The number of nitro groups is 1. The third-order valence-electron chi connectivity index (χ3n) is 3.59. The van der Waals surface area contributed by atoms with Gasteiger partial charge in [-0.25, -0.2) is 4.98 Å². The van der Waals surface area contributed by atoms with Crippen molar-refractivity contribution in [1.82, 2.24) is 15.2 Å². The van der Waals surface area contributed by atoms with E-state index < -0.39 is 4.92 Å². The first kappa shape index (κ1) is 15.7. The molecular weight excluding hydrogens is 306 g/mol. The van der Waals surface area contributed by atoms with Crippen LogP contribution >= 0.6 is 0 Å². The van der Waals surface area contributed by atoms with Crippen LogP contribution in [0.3, 0.4) is 0 Å². The summed E-state index contributed by atoms with van der Waals surface area (Å²) in [5.74, 6) is 1.19. The normalized spacial score (nSPS) is 10.5. The van der Waals surface area contributed by atoms with Crippen LogP contribution in [0.2, 0.25) is 0 Å². The lowest BCUT2D eigenvalue weighted by molar-refractivity contribution is -0.384. The number of anilines is 1. The van der Waals surface area contributed by atoms with E-state index in [1.54, 1.807) is 12.1 Å². The molecule has 24 heavy (non-hydrogen) atoms. The Morgan fingerprint density at radius 1 is 1.21 bits per heavy atom. The number of non-ortho nitro benzene ring substituents is 1. The van der Waals surface area contributed by atoms with Gasteiger partial charge in [0, 0.05) is 36.3 Å². The van der Waals surface area contributed by atoms with Gasteiger partial charge < -0.3 is 5.32 Å². The molecule has 1 heterocycles. The Hall–Kier alpha value is -3.22. The van der Waals surface area contributed by atoms with E-state index in [1.165, 1.54) is 17.7 Å². The number of hydrogen-bond acceptors (Lipinski definition) is 5. The maximum absolute atomic E-state index is 10.8. The molecule has 0 aliphatic carbocycles. The van der Waals surface area contributed by atoms with Gasteiger partial charge in [0.05, 0.1) is 4.92 Å². The fourth-order valence-electron chi connectivity index (χ4n) is 2.29. The second-order valence-electron chi connectivity index (χ2n) is 5.46. The molecule has 122 valence electrons. The number of aromatic nitrogens is 3. The Morgan fingerprint density at radius 2 is 2.00 bits per heavy atom. The molecule has 0 saturated heterocycles. The van der Waals surface area contributed by atoms with Crippen molar-refractivity contribution in [3.8, 4) is 11.4 Å². The smallest absolute Gasteiger partial charge is 0.270 e. The summed E-state index contributed by atoms with van der Waals surface area (Å²) in [5.41, 5.74) is 2.93. The molecule has 0 fully saturated rings. The molecule has 0 spiro atoms.